The van der Waals surface area contributed by atoms with Gasteiger partial charge in [0.15, 0.2) is 0 Å². The maximum absolute atomic E-state index is 5.84. The second kappa shape index (κ2) is 5.01. The average Bonchev–Trinajstić information content (AvgIpc) is 2.66. The van der Waals surface area contributed by atoms with Gasteiger partial charge in [0.05, 0.1) is 0 Å². The normalized spacial score (nSPS) is 17.4. The van der Waals surface area contributed by atoms with Gasteiger partial charge in [-0.3, -0.25) is 0 Å². The van der Waals surface area contributed by atoms with Gasteiger partial charge in [0.2, 0.25) is 0 Å². The van der Waals surface area contributed by atoms with E-state index < -0.39 is 13.7 Å². The Labute approximate surface area is 83.8 Å². The zero-order chi connectivity index (χ0) is 8.97. The minimum absolute atomic E-state index is 1.02. The third-order valence-corrected chi connectivity index (χ3v) is 5.30. The summed E-state index contributed by atoms with van der Waals surface area (Å²) in [5.74, 6) is 0. The molecule has 0 atom stereocenters. The monoisotopic (exact) mass is 202 g/mol. The number of hydrogen-bond donors (Lipinski definition) is 0. The maximum Gasteiger partial charge on any atom is 0.709 e. The van der Waals surface area contributed by atoms with Crippen molar-refractivity contribution in [2.45, 2.75) is 33.1 Å². The molecule has 0 aromatic heterocycles. The van der Waals surface area contributed by atoms with E-state index in [1.54, 1.807) is 0 Å². The van der Waals surface area contributed by atoms with Crippen LogP contribution < -0.4 is 0 Å². The van der Waals surface area contributed by atoms with Crippen LogP contribution in [0.3, 0.4) is 0 Å². The van der Waals surface area contributed by atoms with Gasteiger partial charge >= 0.3 is 13.7 Å². The van der Waals surface area contributed by atoms with Gasteiger partial charge < -0.3 is 7.77 Å². The second-order valence-corrected chi connectivity index (χ2v) is 6.25. The summed E-state index contributed by atoms with van der Waals surface area (Å²) in [5.41, 5.74) is 0. The Bertz CT molecular complexity index is 149. The predicted molar refractivity (Wildman–Crippen MR) is 54.5 cm³/mol. The highest BCUT2D eigenvalue weighted by Crippen LogP contribution is 2.24. The topological polar surface area (TPSA) is 6.48 Å². The standard InChI is InChI=1S/C5H12.C3H4N2.Al.ClH/c1-3-5-4-2;1-2-5-3-4-1;;/h3-5H2,1-2H3;1-2H,3H2;;1H/q;-2;+3;/p-1. The van der Waals surface area contributed by atoms with E-state index in [1.807, 2.05) is 0 Å². The molecule has 0 aliphatic carbocycles. The Kier molecular flexibility index (Phi) is 4.28. The van der Waals surface area contributed by atoms with Crippen LogP contribution in [0.2, 0.25) is 0 Å². The first kappa shape index (κ1) is 10.2. The fourth-order valence-corrected chi connectivity index (χ4v) is 3.12. The molecule has 68 valence electrons. The molecule has 0 saturated carbocycles. The first-order chi connectivity index (χ1) is 5.79. The van der Waals surface area contributed by atoms with Crippen molar-refractivity contribution in [3.8, 4) is 0 Å². The van der Waals surface area contributed by atoms with Crippen LogP contribution in [0.4, 0.5) is 0 Å². The van der Waals surface area contributed by atoms with Crippen LogP contribution in [0.25, 0.3) is 0 Å². The first-order valence-electron chi connectivity index (χ1n) is 4.63. The van der Waals surface area contributed by atoms with E-state index in [9.17, 15) is 0 Å². The van der Waals surface area contributed by atoms with E-state index in [0.29, 0.717) is 0 Å². The van der Waals surface area contributed by atoms with Crippen molar-refractivity contribution in [2.75, 3.05) is 6.67 Å². The molecule has 12 heavy (non-hydrogen) atoms. The lowest BCUT2D eigenvalue weighted by Crippen LogP contribution is -2.54. The molecule has 1 saturated heterocycles. The summed E-state index contributed by atoms with van der Waals surface area (Å²) >= 11 is -1.02. The fourth-order valence-electron chi connectivity index (χ4n) is 1.18. The Morgan fingerprint density at radius 2 is 1.75 bits per heavy atom. The number of nitrogens with zero attached hydrogens (tertiary/aromatic N) is 2. The Morgan fingerprint density at radius 3 is 1.83 bits per heavy atom. The molecule has 0 spiro atoms. The summed E-state index contributed by atoms with van der Waals surface area (Å²) in [7, 11) is 5.84. The Morgan fingerprint density at radius 1 is 1.25 bits per heavy atom. The Hall–Kier alpha value is 0.162. The van der Waals surface area contributed by atoms with Gasteiger partial charge in [0.25, 0.3) is 0 Å². The zero-order valence-corrected chi connectivity index (χ0v) is 9.74. The first-order valence-corrected chi connectivity index (χ1v) is 7.41. The van der Waals surface area contributed by atoms with E-state index in [4.69, 9.17) is 10.0 Å². The third kappa shape index (κ3) is 2.32. The smallest absolute Gasteiger partial charge is 0.422 e. The molecule has 0 N–H and O–H groups in total. The third-order valence-electron chi connectivity index (χ3n) is 2.03. The number of halogens is 1. The second-order valence-electron chi connectivity index (χ2n) is 3.13. The van der Waals surface area contributed by atoms with Gasteiger partial charge in [-0.05, 0) is 12.4 Å². The van der Waals surface area contributed by atoms with E-state index in [0.717, 1.165) is 6.67 Å². The molecule has 2 nitrogen and oxygen atoms in total. The SMILES string of the molecule is CCCCC.[Cl][Al]1[N]2C=C[N]1C2. The van der Waals surface area contributed by atoms with Crippen molar-refractivity contribution in [1.82, 2.24) is 7.77 Å². The molecule has 0 radical (unpaired) electrons. The average molecular weight is 203 g/mol. The summed E-state index contributed by atoms with van der Waals surface area (Å²) in [6.45, 7) is 5.48. The van der Waals surface area contributed by atoms with Crippen molar-refractivity contribution in [3.05, 3.63) is 12.4 Å². The minimum atomic E-state index is -1.02. The molecular weight excluding hydrogens is 187 g/mol. The van der Waals surface area contributed by atoms with Gasteiger partial charge in [-0.2, -0.15) is 10.0 Å². The van der Waals surface area contributed by atoms with Crippen LogP contribution in [0.1, 0.15) is 33.1 Å². The zero-order valence-electron chi connectivity index (χ0n) is 7.83. The summed E-state index contributed by atoms with van der Waals surface area (Å²) in [6, 6.07) is 0. The van der Waals surface area contributed by atoms with Crippen LogP contribution in [0.15, 0.2) is 12.4 Å². The molecule has 3 heterocycles. The predicted octanol–water partition coefficient (Wildman–Crippen LogP) is 2.47. The molecule has 3 aliphatic heterocycles. The molecule has 0 aromatic rings. The highest BCUT2D eigenvalue weighted by atomic mass is 35.6. The number of unbranched alkanes of at least 4 members (excludes halogenated alkanes) is 2. The molecule has 0 aromatic carbocycles. The van der Waals surface area contributed by atoms with Crippen LogP contribution >= 0.6 is 10.0 Å². The molecule has 1 fully saturated rings. The van der Waals surface area contributed by atoms with Crippen LogP contribution in [-0.4, -0.2) is 28.1 Å². The van der Waals surface area contributed by atoms with Crippen molar-refractivity contribution in [3.63, 3.8) is 0 Å². The van der Waals surface area contributed by atoms with Gasteiger partial charge in [-0.25, -0.2) is 0 Å². The van der Waals surface area contributed by atoms with Gasteiger partial charge in [-0.15, -0.1) is 0 Å². The lowest BCUT2D eigenvalue weighted by molar-refractivity contribution is 0.361. The molecule has 3 rings (SSSR count). The maximum atomic E-state index is 5.84. The summed E-state index contributed by atoms with van der Waals surface area (Å²) in [5, 5.41) is 0. The van der Waals surface area contributed by atoms with E-state index in [-0.39, 0.29) is 0 Å². The van der Waals surface area contributed by atoms with E-state index >= 15 is 0 Å². The molecular formula is C8H16AlClN2. The van der Waals surface area contributed by atoms with Crippen molar-refractivity contribution >= 4 is 23.7 Å². The Balaban J connectivity index is 0.000000130. The van der Waals surface area contributed by atoms with Crippen molar-refractivity contribution in [1.29, 1.82) is 0 Å². The van der Waals surface area contributed by atoms with Crippen LogP contribution in [0, 0.1) is 0 Å². The molecule has 3 aliphatic rings. The van der Waals surface area contributed by atoms with Crippen LogP contribution in [0.5, 0.6) is 0 Å². The largest absolute Gasteiger partial charge is 0.709 e. The van der Waals surface area contributed by atoms with Gasteiger partial charge in [0.1, 0.15) is 0 Å². The fraction of sp³-hybridized carbons (Fsp3) is 0.750. The molecule has 2 bridgehead atoms. The van der Waals surface area contributed by atoms with E-state index in [1.165, 1.54) is 19.3 Å². The molecule has 4 heteroatoms. The highest BCUT2D eigenvalue weighted by molar-refractivity contribution is 7.05. The van der Waals surface area contributed by atoms with Gasteiger partial charge in [-0.1, -0.05) is 33.1 Å². The summed E-state index contributed by atoms with van der Waals surface area (Å²) in [4.78, 5) is 0. The minimum Gasteiger partial charge on any atom is -0.422 e. The highest BCUT2D eigenvalue weighted by Gasteiger charge is 2.45. The lowest BCUT2D eigenvalue weighted by atomic mass is 10.3. The number of hydrogen-bond acceptors (Lipinski definition) is 2. The molecule has 0 unspecified atom stereocenters. The van der Waals surface area contributed by atoms with Gasteiger partial charge in [0, 0.05) is 6.67 Å². The number of rotatable bonds is 2. The summed E-state index contributed by atoms with van der Waals surface area (Å²) in [6.07, 6.45) is 8.20. The van der Waals surface area contributed by atoms with Crippen molar-refractivity contribution in [2.24, 2.45) is 0 Å². The quantitative estimate of drug-likeness (QED) is 0.635. The van der Waals surface area contributed by atoms with Crippen LogP contribution in [-0.2, 0) is 0 Å². The van der Waals surface area contributed by atoms with Crippen molar-refractivity contribution < 1.29 is 0 Å². The van der Waals surface area contributed by atoms with E-state index in [2.05, 4.69) is 34.0 Å². The molecule has 0 amide bonds. The summed E-state index contributed by atoms with van der Waals surface area (Å²) < 4.78 is 4.39. The lowest BCUT2D eigenvalue weighted by Gasteiger charge is -2.35.